The summed E-state index contributed by atoms with van der Waals surface area (Å²) in [6.07, 6.45) is 4.36. The number of carbonyl (C=O) groups excluding carboxylic acids is 1. The maximum absolute atomic E-state index is 11.5. The highest BCUT2D eigenvalue weighted by atomic mass is 16.6. The van der Waals surface area contributed by atoms with Crippen molar-refractivity contribution < 1.29 is 23.7 Å². The molecule has 1 amide bonds. The molecule has 1 saturated heterocycles. The quantitative estimate of drug-likeness (QED) is 0.600. The minimum Gasteiger partial charge on any atom is -0.491 e. The molecule has 0 radical (unpaired) electrons. The molecule has 1 aromatic carbocycles. The van der Waals surface area contributed by atoms with E-state index in [2.05, 4.69) is 4.98 Å². The minimum atomic E-state index is -0.524. The number of nitrogens with zero attached hydrogens (tertiary/aromatic N) is 2. The van der Waals surface area contributed by atoms with E-state index < -0.39 is 5.91 Å². The van der Waals surface area contributed by atoms with E-state index in [-0.39, 0.29) is 6.10 Å². The predicted octanol–water partition coefficient (Wildman–Crippen LogP) is 2.41. The predicted molar refractivity (Wildman–Crippen MR) is 101 cm³/mol. The van der Waals surface area contributed by atoms with E-state index >= 15 is 0 Å². The molecule has 1 aliphatic heterocycles. The highest BCUT2D eigenvalue weighted by molar-refractivity contribution is 5.94. The van der Waals surface area contributed by atoms with Crippen molar-refractivity contribution in [2.75, 3.05) is 26.4 Å². The van der Waals surface area contributed by atoms with Gasteiger partial charge < -0.3 is 24.7 Å². The van der Waals surface area contributed by atoms with Gasteiger partial charge in [0.15, 0.2) is 0 Å². The minimum absolute atomic E-state index is 0.176. The third-order valence-electron chi connectivity index (χ3n) is 4.41. The van der Waals surface area contributed by atoms with Gasteiger partial charge in [0.05, 0.1) is 31.0 Å². The number of fused-ring (bicyclic) bond motifs is 1. The zero-order chi connectivity index (χ0) is 19.3. The maximum atomic E-state index is 11.5. The number of imidazole rings is 1. The summed E-state index contributed by atoms with van der Waals surface area (Å²) in [4.78, 5) is 15.6. The monoisotopic (exact) mass is 383 g/mol. The topological polar surface area (TPSA) is 97.3 Å². The van der Waals surface area contributed by atoms with Crippen LogP contribution in [0.25, 0.3) is 5.52 Å². The van der Waals surface area contributed by atoms with Crippen LogP contribution in [-0.2, 0) is 9.47 Å². The Morgan fingerprint density at radius 2 is 2.04 bits per heavy atom. The van der Waals surface area contributed by atoms with Crippen LogP contribution in [-0.4, -0.2) is 47.8 Å². The number of hydrogen-bond donors (Lipinski definition) is 1. The Bertz CT molecular complexity index is 948. The molecule has 8 nitrogen and oxygen atoms in total. The van der Waals surface area contributed by atoms with Crippen molar-refractivity contribution in [3.05, 3.63) is 54.5 Å². The smallest absolute Gasteiger partial charge is 0.248 e. The van der Waals surface area contributed by atoms with Gasteiger partial charge >= 0.3 is 0 Å². The van der Waals surface area contributed by atoms with E-state index in [0.717, 1.165) is 24.3 Å². The van der Waals surface area contributed by atoms with Crippen LogP contribution < -0.4 is 15.2 Å². The summed E-state index contributed by atoms with van der Waals surface area (Å²) in [5.74, 6) is 1.24. The summed E-state index contributed by atoms with van der Waals surface area (Å²) < 4.78 is 24.3. The summed E-state index contributed by atoms with van der Waals surface area (Å²) in [6.45, 7) is 2.41. The Kier molecular flexibility index (Phi) is 5.41. The Morgan fingerprint density at radius 3 is 2.79 bits per heavy atom. The van der Waals surface area contributed by atoms with Gasteiger partial charge in [-0.15, -0.1) is 0 Å². The van der Waals surface area contributed by atoms with E-state index in [1.165, 1.54) is 0 Å². The lowest BCUT2D eigenvalue weighted by Gasteiger charge is -2.12. The molecule has 2 N–H and O–H groups in total. The molecular formula is C20H21N3O5. The fourth-order valence-corrected chi connectivity index (χ4v) is 2.96. The lowest BCUT2D eigenvalue weighted by molar-refractivity contribution is 0.0265. The van der Waals surface area contributed by atoms with Crippen LogP contribution in [0, 0.1) is 0 Å². The SMILES string of the molecule is NC(=O)c1cc(Oc2ccc(OCCO[C@@H]3CCOC3)cc2)n2cncc2c1. The maximum Gasteiger partial charge on any atom is 0.248 e. The third kappa shape index (κ3) is 4.24. The van der Waals surface area contributed by atoms with Crippen LogP contribution in [0.15, 0.2) is 48.9 Å². The van der Waals surface area contributed by atoms with Crippen molar-refractivity contribution in [1.29, 1.82) is 0 Å². The number of aromatic nitrogens is 2. The van der Waals surface area contributed by atoms with Gasteiger partial charge in [0.25, 0.3) is 0 Å². The standard InChI is InChI=1S/C20H21N3O5/c21-20(24)14-9-15-11-22-13-23(15)19(10-14)28-17-3-1-16(2-4-17)26-7-8-27-18-5-6-25-12-18/h1-4,9-11,13,18H,5-8,12H2,(H2,21,24)/t18-/m1/s1. The zero-order valence-corrected chi connectivity index (χ0v) is 15.2. The molecule has 0 spiro atoms. The molecular weight excluding hydrogens is 362 g/mol. The van der Waals surface area contributed by atoms with Gasteiger partial charge in [-0.3, -0.25) is 9.20 Å². The molecule has 0 bridgehead atoms. The lowest BCUT2D eigenvalue weighted by atomic mass is 10.2. The van der Waals surface area contributed by atoms with Crippen molar-refractivity contribution in [3.8, 4) is 17.4 Å². The molecule has 1 aliphatic rings. The summed E-state index contributed by atoms with van der Waals surface area (Å²) in [6, 6.07) is 10.5. The number of rotatable bonds is 8. The van der Waals surface area contributed by atoms with Gasteiger partial charge in [0.2, 0.25) is 11.8 Å². The van der Waals surface area contributed by atoms with E-state index in [4.69, 9.17) is 24.7 Å². The Balaban J connectivity index is 1.37. The molecule has 3 aromatic rings. The van der Waals surface area contributed by atoms with Crippen LogP contribution in [0.1, 0.15) is 16.8 Å². The number of ether oxygens (including phenoxy) is 4. The number of pyridine rings is 1. The number of amides is 1. The largest absolute Gasteiger partial charge is 0.491 e. The number of nitrogens with two attached hydrogens (primary N) is 1. The van der Waals surface area contributed by atoms with Crippen molar-refractivity contribution in [2.45, 2.75) is 12.5 Å². The Labute approximate surface area is 161 Å². The van der Waals surface area contributed by atoms with Crippen LogP contribution in [0.5, 0.6) is 17.4 Å². The molecule has 8 heteroatoms. The van der Waals surface area contributed by atoms with E-state index in [9.17, 15) is 4.79 Å². The zero-order valence-electron chi connectivity index (χ0n) is 15.2. The van der Waals surface area contributed by atoms with Gasteiger partial charge in [-0.05, 0) is 36.8 Å². The number of primary amides is 1. The summed E-state index contributed by atoms with van der Waals surface area (Å²) in [5.41, 5.74) is 6.47. The molecule has 0 unspecified atom stereocenters. The molecule has 146 valence electrons. The molecule has 0 aliphatic carbocycles. The Hall–Kier alpha value is -3.10. The van der Waals surface area contributed by atoms with Crippen molar-refractivity contribution in [3.63, 3.8) is 0 Å². The van der Waals surface area contributed by atoms with E-state index in [1.807, 2.05) is 12.1 Å². The van der Waals surface area contributed by atoms with E-state index in [1.54, 1.807) is 41.2 Å². The average Bonchev–Trinajstić information content (AvgIpc) is 3.38. The first-order valence-corrected chi connectivity index (χ1v) is 9.05. The number of carbonyl (C=O) groups is 1. The van der Waals surface area contributed by atoms with Crippen molar-refractivity contribution in [2.24, 2.45) is 5.73 Å². The van der Waals surface area contributed by atoms with Gasteiger partial charge in [0.1, 0.15) is 24.4 Å². The van der Waals surface area contributed by atoms with Crippen LogP contribution >= 0.6 is 0 Å². The van der Waals surface area contributed by atoms with Crippen LogP contribution in [0.3, 0.4) is 0 Å². The molecule has 0 saturated carbocycles. The molecule has 1 fully saturated rings. The van der Waals surface area contributed by atoms with Crippen molar-refractivity contribution in [1.82, 2.24) is 9.38 Å². The summed E-state index contributed by atoms with van der Waals surface area (Å²) >= 11 is 0. The molecule has 3 heterocycles. The first kappa shape index (κ1) is 18.3. The molecule has 2 aromatic heterocycles. The van der Waals surface area contributed by atoms with E-state index in [0.29, 0.717) is 37.0 Å². The number of benzene rings is 1. The first-order valence-electron chi connectivity index (χ1n) is 9.05. The van der Waals surface area contributed by atoms with Gasteiger partial charge in [-0.1, -0.05) is 0 Å². The molecule has 1 atom stereocenters. The second-order valence-corrected chi connectivity index (χ2v) is 6.41. The summed E-state index contributed by atoms with van der Waals surface area (Å²) in [7, 11) is 0. The first-order chi connectivity index (χ1) is 13.7. The lowest BCUT2D eigenvalue weighted by Crippen LogP contribution is -2.16. The average molecular weight is 383 g/mol. The van der Waals surface area contributed by atoms with Gasteiger partial charge in [-0.2, -0.15) is 0 Å². The molecule has 28 heavy (non-hydrogen) atoms. The third-order valence-corrected chi connectivity index (χ3v) is 4.41. The highest BCUT2D eigenvalue weighted by Gasteiger charge is 2.15. The normalized spacial score (nSPS) is 16.4. The van der Waals surface area contributed by atoms with Gasteiger partial charge in [0, 0.05) is 18.2 Å². The second-order valence-electron chi connectivity index (χ2n) is 6.41. The fourth-order valence-electron chi connectivity index (χ4n) is 2.96. The fraction of sp³-hybridized carbons (Fsp3) is 0.300. The summed E-state index contributed by atoms with van der Waals surface area (Å²) in [5, 5.41) is 0. The Morgan fingerprint density at radius 1 is 1.21 bits per heavy atom. The highest BCUT2D eigenvalue weighted by Crippen LogP contribution is 2.26. The van der Waals surface area contributed by atoms with Crippen LogP contribution in [0.2, 0.25) is 0 Å². The van der Waals surface area contributed by atoms with Crippen LogP contribution in [0.4, 0.5) is 0 Å². The molecule has 4 rings (SSSR count). The number of hydrogen-bond acceptors (Lipinski definition) is 6. The van der Waals surface area contributed by atoms with Gasteiger partial charge in [-0.25, -0.2) is 4.98 Å². The second kappa shape index (κ2) is 8.28. The van der Waals surface area contributed by atoms with Crippen molar-refractivity contribution >= 4 is 11.4 Å².